The van der Waals surface area contributed by atoms with Crippen molar-refractivity contribution >= 4 is 22.0 Å². The Bertz CT molecular complexity index is 869. The average molecular weight is 425 g/mol. The summed E-state index contributed by atoms with van der Waals surface area (Å²) in [6, 6.07) is 4.23. The summed E-state index contributed by atoms with van der Waals surface area (Å²) in [5.74, 6) is -0.405. The highest BCUT2D eigenvalue weighted by atomic mass is 32.2. The van der Waals surface area contributed by atoms with E-state index in [0.717, 1.165) is 11.1 Å². The zero-order valence-corrected chi connectivity index (χ0v) is 18.9. The second-order valence-electron chi connectivity index (χ2n) is 8.58. The molecule has 1 aliphatic rings. The molecule has 1 aromatic carbocycles. The van der Waals surface area contributed by atoms with Crippen LogP contribution in [-0.4, -0.2) is 67.3 Å². The van der Waals surface area contributed by atoms with Crippen LogP contribution in [0.2, 0.25) is 0 Å². The number of nitrogens with one attached hydrogen (secondary N) is 2. The van der Waals surface area contributed by atoms with Gasteiger partial charge in [-0.1, -0.05) is 17.7 Å². The molecule has 29 heavy (non-hydrogen) atoms. The Hall–Kier alpha value is -1.97. The molecule has 0 spiro atoms. The van der Waals surface area contributed by atoms with Crippen LogP contribution in [0.5, 0.6) is 0 Å². The summed E-state index contributed by atoms with van der Waals surface area (Å²) in [6.07, 6.45) is 0. The first-order chi connectivity index (χ1) is 13.3. The number of hydrogen-bond donors (Lipinski definition) is 2. The largest absolute Gasteiger partial charge is 0.333 e. The molecule has 0 saturated carbocycles. The van der Waals surface area contributed by atoms with Crippen molar-refractivity contribution in [3.8, 4) is 0 Å². The fraction of sp³-hybridized carbons (Fsp3) is 0.600. The smallest absolute Gasteiger partial charge is 0.321 e. The van der Waals surface area contributed by atoms with Gasteiger partial charge in [0.05, 0.1) is 10.9 Å². The molecular weight excluding hydrogens is 392 g/mol. The van der Waals surface area contributed by atoms with E-state index in [1.165, 1.54) is 4.31 Å². The van der Waals surface area contributed by atoms with E-state index in [1.807, 2.05) is 38.7 Å². The number of aryl methyl sites for hydroxylation is 2. The lowest BCUT2D eigenvalue weighted by molar-refractivity contribution is -0.125. The summed E-state index contributed by atoms with van der Waals surface area (Å²) in [4.78, 5) is 26.5. The van der Waals surface area contributed by atoms with Crippen molar-refractivity contribution in [2.75, 3.05) is 26.2 Å². The second-order valence-corrected chi connectivity index (χ2v) is 10.5. The summed E-state index contributed by atoms with van der Waals surface area (Å²) >= 11 is 0. The average Bonchev–Trinajstić information content (AvgIpc) is 2.59. The number of sulfonamides is 1. The summed E-state index contributed by atoms with van der Waals surface area (Å²) in [5.41, 5.74) is 1.30. The predicted molar refractivity (Wildman–Crippen MR) is 112 cm³/mol. The van der Waals surface area contributed by atoms with Gasteiger partial charge in [0.1, 0.15) is 0 Å². The number of amides is 3. The SMILES string of the molecule is Cc1ccc(S(=O)(=O)N2CCN(C(C)C(=O)NC(=O)NC(C)(C)C)CC2)c(C)c1. The highest BCUT2D eigenvalue weighted by Crippen LogP contribution is 2.22. The van der Waals surface area contributed by atoms with Crippen molar-refractivity contribution < 1.29 is 18.0 Å². The Morgan fingerprint density at radius 2 is 1.66 bits per heavy atom. The van der Waals surface area contributed by atoms with Crippen LogP contribution >= 0.6 is 0 Å². The lowest BCUT2D eigenvalue weighted by Gasteiger charge is -2.36. The van der Waals surface area contributed by atoms with E-state index in [4.69, 9.17) is 0 Å². The quantitative estimate of drug-likeness (QED) is 0.765. The van der Waals surface area contributed by atoms with Gasteiger partial charge in [0.2, 0.25) is 15.9 Å². The highest BCUT2D eigenvalue weighted by molar-refractivity contribution is 7.89. The molecule has 1 unspecified atom stereocenters. The lowest BCUT2D eigenvalue weighted by atomic mass is 10.1. The fourth-order valence-electron chi connectivity index (χ4n) is 3.31. The number of piperazine rings is 1. The number of urea groups is 1. The summed E-state index contributed by atoms with van der Waals surface area (Å²) in [7, 11) is -3.58. The predicted octanol–water partition coefficient (Wildman–Crippen LogP) is 1.62. The fourth-order valence-corrected chi connectivity index (χ4v) is 4.94. The number of rotatable bonds is 4. The van der Waals surface area contributed by atoms with Gasteiger partial charge in [-0.25, -0.2) is 13.2 Å². The monoisotopic (exact) mass is 424 g/mol. The van der Waals surface area contributed by atoms with Gasteiger partial charge < -0.3 is 5.32 Å². The van der Waals surface area contributed by atoms with Crippen LogP contribution in [0.25, 0.3) is 0 Å². The number of carbonyl (C=O) groups is 2. The molecule has 8 nitrogen and oxygen atoms in total. The van der Waals surface area contributed by atoms with E-state index in [0.29, 0.717) is 31.1 Å². The summed E-state index contributed by atoms with van der Waals surface area (Å²) in [5, 5.41) is 5.04. The van der Waals surface area contributed by atoms with Crippen molar-refractivity contribution in [2.45, 2.75) is 58.0 Å². The number of carbonyl (C=O) groups excluding carboxylic acids is 2. The van der Waals surface area contributed by atoms with E-state index in [-0.39, 0.29) is 0 Å². The van der Waals surface area contributed by atoms with E-state index in [9.17, 15) is 18.0 Å². The second kappa shape index (κ2) is 8.81. The van der Waals surface area contributed by atoms with Crippen LogP contribution in [0, 0.1) is 13.8 Å². The van der Waals surface area contributed by atoms with Gasteiger partial charge in [-0.05, 0) is 53.2 Å². The molecule has 1 aromatic rings. The molecule has 1 heterocycles. The maximum absolute atomic E-state index is 13.0. The van der Waals surface area contributed by atoms with E-state index in [1.54, 1.807) is 26.0 Å². The lowest BCUT2D eigenvalue weighted by Crippen LogP contribution is -2.57. The third-order valence-corrected chi connectivity index (χ3v) is 6.93. The van der Waals surface area contributed by atoms with Crippen molar-refractivity contribution in [2.24, 2.45) is 0 Å². The minimum atomic E-state index is -3.58. The van der Waals surface area contributed by atoms with Gasteiger partial charge in [0.15, 0.2) is 0 Å². The van der Waals surface area contributed by atoms with E-state index < -0.39 is 33.5 Å². The minimum Gasteiger partial charge on any atom is -0.333 e. The van der Waals surface area contributed by atoms with Gasteiger partial charge in [0.25, 0.3) is 0 Å². The summed E-state index contributed by atoms with van der Waals surface area (Å²) in [6.45, 7) is 12.3. The normalized spacial score (nSPS) is 17.6. The molecule has 0 radical (unpaired) electrons. The number of nitrogens with zero attached hydrogens (tertiary/aromatic N) is 2. The molecule has 162 valence electrons. The van der Waals surface area contributed by atoms with Gasteiger partial charge in [-0.3, -0.25) is 15.0 Å². The molecule has 1 atom stereocenters. The molecule has 1 fully saturated rings. The van der Waals surface area contributed by atoms with Gasteiger partial charge in [0, 0.05) is 31.7 Å². The van der Waals surface area contributed by atoms with Crippen molar-refractivity contribution in [3.05, 3.63) is 29.3 Å². The third-order valence-electron chi connectivity index (χ3n) is 4.87. The van der Waals surface area contributed by atoms with Crippen LogP contribution in [0.4, 0.5) is 4.79 Å². The van der Waals surface area contributed by atoms with Crippen molar-refractivity contribution in [1.82, 2.24) is 19.8 Å². The molecule has 3 amide bonds. The maximum Gasteiger partial charge on any atom is 0.321 e. The van der Waals surface area contributed by atoms with Crippen LogP contribution in [0.15, 0.2) is 23.1 Å². The Morgan fingerprint density at radius 3 is 2.17 bits per heavy atom. The van der Waals surface area contributed by atoms with Crippen molar-refractivity contribution in [1.29, 1.82) is 0 Å². The first kappa shape index (κ1) is 23.3. The van der Waals surface area contributed by atoms with E-state index in [2.05, 4.69) is 10.6 Å². The first-order valence-corrected chi connectivity index (χ1v) is 11.2. The van der Waals surface area contributed by atoms with Crippen LogP contribution in [-0.2, 0) is 14.8 Å². The molecule has 1 aliphatic heterocycles. The molecule has 9 heteroatoms. The maximum atomic E-state index is 13.0. The van der Waals surface area contributed by atoms with Gasteiger partial charge in [-0.2, -0.15) is 4.31 Å². The van der Waals surface area contributed by atoms with E-state index >= 15 is 0 Å². The molecule has 2 N–H and O–H groups in total. The van der Waals surface area contributed by atoms with Crippen molar-refractivity contribution in [3.63, 3.8) is 0 Å². The molecule has 2 rings (SSSR count). The highest BCUT2D eigenvalue weighted by Gasteiger charge is 2.33. The zero-order chi connectivity index (χ0) is 22.0. The zero-order valence-electron chi connectivity index (χ0n) is 18.1. The van der Waals surface area contributed by atoms with Gasteiger partial charge >= 0.3 is 6.03 Å². The first-order valence-electron chi connectivity index (χ1n) is 9.76. The van der Waals surface area contributed by atoms with Crippen LogP contribution in [0.1, 0.15) is 38.8 Å². The molecule has 1 saturated heterocycles. The van der Waals surface area contributed by atoms with Crippen LogP contribution in [0.3, 0.4) is 0 Å². The molecular formula is C20H32N4O4S. The van der Waals surface area contributed by atoms with Crippen LogP contribution < -0.4 is 10.6 Å². The molecule has 0 aromatic heterocycles. The Morgan fingerprint density at radius 1 is 1.07 bits per heavy atom. The third kappa shape index (κ3) is 6.01. The molecule has 0 bridgehead atoms. The topological polar surface area (TPSA) is 98.8 Å². The summed E-state index contributed by atoms with van der Waals surface area (Å²) < 4.78 is 27.4. The Kier molecular flexibility index (Phi) is 7.08. The Balaban J connectivity index is 1.97. The Labute approximate surface area is 173 Å². The number of benzene rings is 1. The molecule has 0 aliphatic carbocycles. The number of hydrogen-bond acceptors (Lipinski definition) is 5. The minimum absolute atomic E-state index is 0.293. The number of imide groups is 1. The standard InChI is InChI=1S/C20H32N4O4S/c1-14-7-8-17(15(2)13-14)29(27,28)24-11-9-23(10-12-24)16(3)18(25)21-19(26)22-20(4,5)6/h7-8,13,16H,9-12H2,1-6H3,(H2,21,22,25,26). The van der Waals surface area contributed by atoms with Gasteiger partial charge in [-0.15, -0.1) is 0 Å².